The summed E-state index contributed by atoms with van der Waals surface area (Å²) < 4.78 is 1.51. The van der Waals surface area contributed by atoms with Crippen LogP contribution in [0.15, 0.2) is 48.1 Å². The summed E-state index contributed by atoms with van der Waals surface area (Å²) in [6.45, 7) is 24.7. The van der Waals surface area contributed by atoms with Gasteiger partial charge in [0.1, 0.15) is 0 Å². The molecule has 0 amide bonds. The van der Waals surface area contributed by atoms with E-state index < -0.39 is 0 Å². The molecule has 2 aromatic carbocycles. The van der Waals surface area contributed by atoms with Crippen LogP contribution in [0.3, 0.4) is 0 Å². The second-order valence-electron chi connectivity index (χ2n) is 12.8. The summed E-state index contributed by atoms with van der Waals surface area (Å²) in [6.07, 6.45) is 10.8. The van der Waals surface area contributed by atoms with Crippen molar-refractivity contribution in [1.29, 1.82) is 0 Å². The maximum absolute atomic E-state index is 3.53. The Morgan fingerprint density at radius 2 is 1.41 bits per heavy atom. The van der Waals surface area contributed by atoms with Gasteiger partial charge in [0.2, 0.25) is 0 Å². The Bertz CT molecular complexity index is 1040. The van der Waals surface area contributed by atoms with Crippen molar-refractivity contribution >= 4 is 3.21 Å². The van der Waals surface area contributed by atoms with E-state index in [1.165, 1.54) is 48.6 Å². The van der Waals surface area contributed by atoms with Crippen LogP contribution in [0.25, 0.3) is 11.1 Å². The molecule has 0 bridgehead atoms. The predicted octanol–water partition coefficient (Wildman–Crippen LogP) is 3.52. The van der Waals surface area contributed by atoms with Crippen molar-refractivity contribution in [2.45, 2.75) is 106 Å². The van der Waals surface area contributed by atoms with Crippen molar-refractivity contribution in [3.8, 4) is 11.1 Å². The van der Waals surface area contributed by atoms with Gasteiger partial charge in [-0.15, -0.1) is 12.0 Å². The monoisotopic (exact) mass is 614 g/mol. The van der Waals surface area contributed by atoms with Crippen LogP contribution in [0.4, 0.5) is 0 Å². The quantitative estimate of drug-likeness (QED) is 0.387. The van der Waals surface area contributed by atoms with E-state index in [-0.39, 0.29) is 35.6 Å². The Morgan fingerprint density at radius 1 is 0.865 bits per heavy atom. The van der Waals surface area contributed by atoms with E-state index in [0.717, 1.165) is 12.8 Å². The van der Waals surface area contributed by atoms with Crippen LogP contribution in [0, 0.1) is 17.6 Å². The SMILES string of the molecule is CC(C)(C)c1c[c-]c2c(c1)-c1cc(C(C)(C)C)ccc1C2.CCC(C)(C)C1=CC[C-]=C1.C[C](C)=[Zr+2].[Cl-].[Cl-]. The zero-order valence-corrected chi connectivity index (χ0v) is 28.9. The van der Waals surface area contributed by atoms with Gasteiger partial charge in [-0.2, -0.15) is 41.0 Å². The molecule has 0 radical (unpaired) electrons. The molecule has 4 rings (SSSR count). The summed E-state index contributed by atoms with van der Waals surface area (Å²) in [5, 5.41) is 0. The molecule has 0 aliphatic heterocycles. The van der Waals surface area contributed by atoms with Crippen LogP contribution in [-0.4, -0.2) is 3.21 Å². The molecule has 0 N–H and O–H groups in total. The van der Waals surface area contributed by atoms with Gasteiger partial charge < -0.3 is 24.8 Å². The number of benzene rings is 2. The van der Waals surface area contributed by atoms with E-state index in [1.807, 2.05) is 0 Å². The first-order valence-corrected chi connectivity index (χ1v) is 14.3. The molecular weight excluding hydrogens is 571 g/mol. The van der Waals surface area contributed by atoms with Gasteiger partial charge in [-0.3, -0.25) is 6.08 Å². The zero-order valence-electron chi connectivity index (χ0n) is 24.9. The largest absolute Gasteiger partial charge is 1.00 e. The number of fused-ring (bicyclic) bond motifs is 3. The molecule has 0 atom stereocenters. The van der Waals surface area contributed by atoms with Crippen molar-refractivity contribution in [3.63, 3.8) is 0 Å². The number of allylic oxidation sites excluding steroid dienone is 4. The third kappa shape index (κ3) is 10.4. The molecule has 0 spiro atoms. The van der Waals surface area contributed by atoms with Crippen LogP contribution in [0.1, 0.15) is 111 Å². The maximum Gasteiger partial charge on any atom is -1.00 e. The van der Waals surface area contributed by atoms with E-state index in [0.29, 0.717) is 5.41 Å². The number of hydrogen-bond acceptors (Lipinski definition) is 0. The first kappa shape index (κ1) is 36.3. The van der Waals surface area contributed by atoms with Crippen molar-refractivity contribution in [2.75, 3.05) is 0 Å². The zero-order chi connectivity index (χ0) is 26.6. The summed E-state index contributed by atoms with van der Waals surface area (Å²) in [7, 11) is 0. The topological polar surface area (TPSA) is 0 Å². The molecular formula is C34H46Cl2Zr-2. The van der Waals surface area contributed by atoms with E-state index in [1.54, 1.807) is 24.2 Å². The third-order valence-corrected chi connectivity index (χ3v) is 6.89. The summed E-state index contributed by atoms with van der Waals surface area (Å²) in [5.41, 5.74) is 10.6. The van der Waals surface area contributed by atoms with E-state index >= 15 is 0 Å². The van der Waals surface area contributed by atoms with Crippen LogP contribution < -0.4 is 24.8 Å². The van der Waals surface area contributed by atoms with E-state index in [9.17, 15) is 0 Å². The van der Waals surface area contributed by atoms with Crippen LogP contribution >= 0.6 is 0 Å². The predicted molar refractivity (Wildman–Crippen MR) is 152 cm³/mol. The van der Waals surface area contributed by atoms with Crippen molar-refractivity contribution in [1.82, 2.24) is 0 Å². The van der Waals surface area contributed by atoms with Gasteiger partial charge in [-0.05, 0) is 17.4 Å². The fraction of sp³-hybridized carbons (Fsp3) is 0.500. The van der Waals surface area contributed by atoms with Crippen molar-refractivity contribution in [2.24, 2.45) is 5.41 Å². The smallest absolute Gasteiger partial charge is 1.00 e. The molecule has 37 heavy (non-hydrogen) atoms. The van der Waals surface area contributed by atoms with Gasteiger partial charge in [0.25, 0.3) is 0 Å². The second-order valence-corrected chi connectivity index (χ2v) is 15.2. The minimum atomic E-state index is 0. The second kappa shape index (κ2) is 14.6. The standard InChI is InChI=1S/C21H25.C10H15.C3H6.2ClH.Zr/c1-20(2,3)16-9-7-14-11-15-8-10-17(21(4,5)6)13-19(15)18(14)12-16;1-4-10(2,3)9-7-5-6-8-9;1-3-2;;;/h7,9-10,12-13H,11H2,1-6H3;7-8H,4-5H2,1-3H3;1-2H3;2*1H;/q2*-1;;;;+2/p-2. The molecule has 0 unspecified atom stereocenters. The minimum absolute atomic E-state index is 0. The van der Waals surface area contributed by atoms with Crippen LogP contribution in [-0.2, 0) is 41.5 Å². The molecule has 0 aromatic heterocycles. The van der Waals surface area contributed by atoms with Crippen molar-refractivity contribution in [3.05, 3.63) is 82.5 Å². The number of hydrogen-bond donors (Lipinski definition) is 0. The van der Waals surface area contributed by atoms with Crippen molar-refractivity contribution < 1.29 is 49.0 Å². The fourth-order valence-corrected chi connectivity index (χ4v) is 4.06. The summed E-state index contributed by atoms with van der Waals surface area (Å²) in [5.74, 6) is 0. The third-order valence-electron chi connectivity index (χ3n) is 6.89. The molecule has 2 aromatic rings. The van der Waals surface area contributed by atoms with Crippen LogP contribution in [0.2, 0.25) is 0 Å². The molecule has 0 heterocycles. The normalized spacial score (nSPS) is 13.5. The van der Waals surface area contributed by atoms with E-state index in [4.69, 9.17) is 0 Å². The molecule has 0 fully saturated rings. The van der Waals surface area contributed by atoms with Gasteiger partial charge in [-0.25, -0.2) is 6.08 Å². The van der Waals surface area contributed by atoms with Gasteiger partial charge >= 0.3 is 41.3 Å². The van der Waals surface area contributed by atoms with Gasteiger partial charge in [0.05, 0.1) is 0 Å². The summed E-state index contributed by atoms with van der Waals surface area (Å²) >= 11 is 1.55. The Labute approximate surface area is 256 Å². The molecule has 2 aliphatic rings. The number of rotatable bonds is 2. The fourth-order valence-electron chi connectivity index (χ4n) is 4.06. The Kier molecular flexibility index (Phi) is 14.3. The summed E-state index contributed by atoms with van der Waals surface area (Å²) in [4.78, 5) is 0. The molecule has 0 saturated heterocycles. The summed E-state index contributed by atoms with van der Waals surface area (Å²) in [6, 6.07) is 15.1. The Hall–Kier alpha value is -0.747. The minimum Gasteiger partial charge on any atom is -1.00 e. The van der Waals surface area contributed by atoms with E-state index in [2.05, 4.69) is 131 Å². The van der Waals surface area contributed by atoms with Crippen LogP contribution in [0.5, 0.6) is 0 Å². The average Bonchev–Trinajstić information content (AvgIpc) is 3.40. The van der Waals surface area contributed by atoms with Gasteiger partial charge in [0, 0.05) is 0 Å². The van der Waals surface area contributed by atoms with Gasteiger partial charge in [-0.1, -0.05) is 109 Å². The molecule has 0 saturated carbocycles. The number of halogens is 2. The Morgan fingerprint density at radius 3 is 1.86 bits per heavy atom. The molecule has 3 heteroatoms. The molecule has 202 valence electrons. The first-order chi connectivity index (χ1) is 16.1. The maximum atomic E-state index is 3.53. The molecule has 2 aliphatic carbocycles. The average molecular weight is 617 g/mol. The Balaban J connectivity index is 0.000000684. The van der Waals surface area contributed by atoms with Gasteiger partial charge in [0.15, 0.2) is 0 Å². The molecule has 0 nitrogen and oxygen atoms in total. The first-order valence-electron chi connectivity index (χ1n) is 13.0.